The lowest BCUT2D eigenvalue weighted by Crippen LogP contribution is -2.34. The summed E-state index contributed by atoms with van der Waals surface area (Å²) < 4.78 is 36.5. The molecule has 1 aliphatic heterocycles. The van der Waals surface area contributed by atoms with Crippen LogP contribution in [0.3, 0.4) is 0 Å². The first kappa shape index (κ1) is 13.3. The Bertz CT molecular complexity index is 481. The first-order valence-corrected chi connectivity index (χ1v) is 7.58. The molecule has 0 saturated carbocycles. The standard InChI is InChI=1S/C9H12ClNO4S2/c1-11(6-8-14-4-5-15-8)17(12,13)9-3-2-7(10)16-9/h2-3,8H,4-6H2,1H3. The van der Waals surface area contributed by atoms with E-state index in [0.717, 1.165) is 11.3 Å². The Hall–Kier alpha value is -0.180. The zero-order valence-corrected chi connectivity index (χ0v) is 11.5. The summed E-state index contributed by atoms with van der Waals surface area (Å²) in [5.41, 5.74) is 0. The molecule has 1 saturated heterocycles. The zero-order chi connectivity index (χ0) is 12.5. The van der Waals surface area contributed by atoms with E-state index in [2.05, 4.69) is 0 Å². The van der Waals surface area contributed by atoms with Crippen LogP contribution in [0, 0.1) is 0 Å². The fourth-order valence-electron chi connectivity index (χ4n) is 1.41. The van der Waals surface area contributed by atoms with Crippen LogP contribution < -0.4 is 0 Å². The summed E-state index contributed by atoms with van der Waals surface area (Å²) in [6, 6.07) is 3.06. The molecule has 0 aliphatic carbocycles. The van der Waals surface area contributed by atoms with Crippen LogP contribution in [0.25, 0.3) is 0 Å². The van der Waals surface area contributed by atoms with Gasteiger partial charge < -0.3 is 9.47 Å². The molecular weight excluding hydrogens is 286 g/mol. The molecule has 0 unspecified atom stereocenters. The fraction of sp³-hybridized carbons (Fsp3) is 0.556. The third-order valence-corrected chi connectivity index (χ3v) is 5.83. The molecule has 5 nitrogen and oxygen atoms in total. The van der Waals surface area contributed by atoms with Gasteiger partial charge in [-0.1, -0.05) is 11.6 Å². The number of ether oxygens (including phenoxy) is 2. The molecule has 0 bridgehead atoms. The SMILES string of the molecule is CN(CC1OCCO1)S(=O)(=O)c1ccc(Cl)s1. The van der Waals surface area contributed by atoms with Crippen molar-refractivity contribution in [3.05, 3.63) is 16.5 Å². The first-order chi connectivity index (χ1) is 8.00. The summed E-state index contributed by atoms with van der Waals surface area (Å²) in [6.07, 6.45) is -0.481. The highest BCUT2D eigenvalue weighted by molar-refractivity contribution is 7.91. The molecule has 17 heavy (non-hydrogen) atoms. The molecular formula is C9H12ClNO4S2. The van der Waals surface area contributed by atoms with Crippen molar-refractivity contribution >= 4 is 33.0 Å². The number of sulfonamides is 1. The zero-order valence-electron chi connectivity index (χ0n) is 9.13. The number of halogens is 1. The minimum Gasteiger partial charge on any atom is -0.349 e. The van der Waals surface area contributed by atoms with Gasteiger partial charge in [-0.3, -0.25) is 0 Å². The average Bonchev–Trinajstić information content (AvgIpc) is 2.89. The van der Waals surface area contributed by atoms with E-state index in [4.69, 9.17) is 21.1 Å². The highest BCUT2D eigenvalue weighted by Crippen LogP contribution is 2.27. The Morgan fingerprint density at radius 1 is 1.47 bits per heavy atom. The minimum atomic E-state index is -3.50. The van der Waals surface area contributed by atoms with E-state index in [1.807, 2.05) is 0 Å². The summed E-state index contributed by atoms with van der Waals surface area (Å²) in [5, 5.41) is 0. The number of hydrogen-bond acceptors (Lipinski definition) is 5. The highest BCUT2D eigenvalue weighted by Gasteiger charge is 2.27. The number of nitrogens with zero attached hydrogens (tertiary/aromatic N) is 1. The Morgan fingerprint density at radius 2 is 2.12 bits per heavy atom. The molecule has 2 rings (SSSR count). The van der Waals surface area contributed by atoms with Crippen molar-refractivity contribution in [2.45, 2.75) is 10.5 Å². The molecule has 2 heterocycles. The second-order valence-electron chi connectivity index (χ2n) is 3.52. The lowest BCUT2D eigenvalue weighted by molar-refractivity contribution is -0.0482. The van der Waals surface area contributed by atoms with Gasteiger partial charge in [0, 0.05) is 7.05 Å². The van der Waals surface area contributed by atoms with Crippen LogP contribution >= 0.6 is 22.9 Å². The van der Waals surface area contributed by atoms with Gasteiger partial charge in [0.2, 0.25) is 0 Å². The Kier molecular flexibility index (Phi) is 4.06. The summed E-state index contributed by atoms with van der Waals surface area (Å²) >= 11 is 6.76. The van der Waals surface area contributed by atoms with Crippen molar-refractivity contribution in [1.29, 1.82) is 0 Å². The molecule has 0 aromatic carbocycles. The largest absolute Gasteiger partial charge is 0.349 e. The lowest BCUT2D eigenvalue weighted by atomic mass is 10.6. The third-order valence-electron chi connectivity index (χ3n) is 2.31. The summed E-state index contributed by atoms with van der Waals surface area (Å²) in [6.45, 7) is 1.19. The maximum absolute atomic E-state index is 12.1. The number of thiophene rings is 1. The van der Waals surface area contributed by atoms with Crippen molar-refractivity contribution in [3.63, 3.8) is 0 Å². The monoisotopic (exact) mass is 297 g/mol. The predicted octanol–water partition coefficient (Wildman–Crippen LogP) is 1.39. The Morgan fingerprint density at radius 3 is 2.65 bits per heavy atom. The second kappa shape index (κ2) is 5.21. The van der Waals surface area contributed by atoms with Crippen molar-refractivity contribution in [3.8, 4) is 0 Å². The van der Waals surface area contributed by atoms with Gasteiger partial charge in [0.15, 0.2) is 6.29 Å². The van der Waals surface area contributed by atoms with Crippen LogP contribution in [-0.4, -0.2) is 45.8 Å². The molecule has 0 N–H and O–H groups in total. The van der Waals surface area contributed by atoms with Crippen LogP contribution in [0.4, 0.5) is 0 Å². The van der Waals surface area contributed by atoms with Crippen molar-refractivity contribution in [2.75, 3.05) is 26.8 Å². The number of rotatable bonds is 4. The number of likely N-dealkylation sites (N-methyl/N-ethyl adjacent to an activating group) is 1. The topological polar surface area (TPSA) is 55.8 Å². The normalized spacial score (nSPS) is 18.1. The van der Waals surface area contributed by atoms with E-state index >= 15 is 0 Å². The van der Waals surface area contributed by atoms with Gasteiger partial charge in [0.05, 0.1) is 24.1 Å². The van der Waals surface area contributed by atoms with Gasteiger partial charge >= 0.3 is 0 Å². The smallest absolute Gasteiger partial charge is 0.252 e. The fourth-order valence-corrected chi connectivity index (χ4v) is 4.26. The average molecular weight is 298 g/mol. The van der Waals surface area contributed by atoms with Gasteiger partial charge in [-0.2, -0.15) is 4.31 Å². The summed E-state index contributed by atoms with van der Waals surface area (Å²) in [5.74, 6) is 0. The van der Waals surface area contributed by atoms with E-state index in [-0.39, 0.29) is 10.8 Å². The van der Waals surface area contributed by atoms with Crippen molar-refractivity contribution in [2.24, 2.45) is 0 Å². The second-order valence-corrected chi connectivity index (χ2v) is 7.50. The van der Waals surface area contributed by atoms with Gasteiger partial charge in [-0.25, -0.2) is 8.42 Å². The van der Waals surface area contributed by atoms with E-state index in [9.17, 15) is 8.42 Å². The van der Waals surface area contributed by atoms with Crippen LogP contribution in [0.15, 0.2) is 16.3 Å². The quantitative estimate of drug-likeness (QED) is 0.843. The van der Waals surface area contributed by atoms with Crippen molar-refractivity contribution < 1.29 is 17.9 Å². The number of hydrogen-bond donors (Lipinski definition) is 0. The molecule has 96 valence electrons. The minimum absolute atomic E-state index is 0.178. The molecule has 8 heteroatoms. The lowest BCUT2D eigenvalue weighted by Gasteiger charge is -2.18. The maximum Gasteiger partial charge on any atom is 0.252 e. The molecule has 0 amide bonds. The Balaban J connectivity index is 2.09. The molecule has 1 aromatic heterocycles. The third kappa shape index (κ3) is 2.98. The summed E-state index contributed by atoms with van der Waals surface area (Å²) in [7, 11) is -2.00. The molecule has 1 aliphatic rings. The van der Waals surface area contributed by atoms with E-state index in [1.165, 1.54) is 17.4 Å². The van der Waals surface area contributed by atoms with Gasteiger partial charge in [-0.05, 0) is 12.1 Å². The predicted molar refractivity (Wildman–Crippen MR) is 64.8 cm³/mol. The molecule has 1 fully saturated rings. The molecule has 0 atom stereocenters. The van der Waals surface area contributed by atoms with Gasteiger partial charge in [-0.15, -0.1) is 11.3 Å². The van der Waals surface area contributed by atoms with Crippen molar-refractivity contribution in [1.82, 2.24) is 4.31 Å². The van der Waals surface area contributed by atoms with Crippen LogP contribution in [0.5, 0.6) is 0 Å². The molecule has 0 radical (unpaired) electrons. The molecule has 1 aromatic rings. The highest BCUT2D eigenvalue weighted by atomic mass is 35.5. The first-order valence-electron chi connectivity index (χ1n) is 4.95. The van der Waals surface area contributed by atoms with E-state index in [1.54, 1.807) is 6.07 Å². The maximum atomic E-state index is 12.1. The van der Waals surface area contributed by atoms with E-state index < -0.39 is 16.3 Å². The van der Waals surface area contributed by atoms with Crippen LogP contribution in [0.2, 0.25) is 4.34 Å². The van der Waals surface area contributed by atoms with E-state index in [0.29, 0.717) is 17.6 Å². The van der Waals surface area contributed by atoms with Crippen LogP contribution in [-0.2, 0) is 19.5 Å². The van der Waals surface area contributed by atoms with Gasteiger partial charge in [0.1, 0.15) is 4.21 Å². The van der Waals surface area contributed by atoms with Crippen LogP contribution in [0.1, 0.15) is 0 Å². The van der Waals surface area contributed by atoms with Gasteiger partial charge in [0.25, 0.3) is 10.0 Å². The molecule has 0 spiro atoms. The Labute approximate surface area is 109 Å². The summed E-state index contributed by atoms with van der Waals surface area (Å²) in [4.78, 5) is 0.